The second-order valence-electron chi connectivity index (χ2n) is 6.02. The van der Waals surface area contributed by atoms with Gasteiger partial charge in [0.05, 0.1) is 0 Å². The molecule has 21 heavy (non-hydrogen) atoms. The van der Waals surface area contributed by atoms with Crippen molar-refractivity contribution in [1.82, 2.24) is 0 Å². The predicted molar refractivity (Wildman–Crippen MR) is 80.0 cm³/mol. The fraction of sp³-hybridized carbons (Fsp3) is 0.500. The number of esters is 1. The average Bonchev–Trinajstić information content (AvgIpc) is 2.37. The summed E-state index contributed by atoms with van der Waals surface area (Å²) in [5.74, 6) is -0.745. The first-order chi connectivity index (χ1) is 9.61. The van der Waals surface area contributed by atoms with E-state index < -0.39 is 24.1 Å². The third kappa shape index (κ3) is 5.10. The molecule has 1 aromatic carbocycles. The molecule has 0 unspecified atom stereocenters. The van der Waals surface area contributed by atoms with Gasteiger partial charge in [-0.25, -0.2) is 4.79 Å². The van der Waals surface area contributed by atoms with E-state index in [1.54, 1.807) is 6.92 Å². The van der Waals surface area contributed by atoms with Gasteiger partial charge >= 0.3 is 5.97 Å². The molecular weight excluding hydrogens is 270 g/mol. The van der Waals surface area contributed by atoms with Crippen molar-refractivity contribution < 1.29 is 19.1 Å². The minimum atomic E-state index is -0.966. The highest BCUT2D eigenvalue weighted by Crippen LogP contribution is 2.24. The van der Waals surface area contributed by atoms with E-state index in [2.05, 4.69) is 20.8 Å². The van der Waals surface area contributed by atoms with E-state index >= 15 is 0 Å². The average molecular weight is 293 g/mol. The fourth-order valence-electron chi connectivity index (χ4n) is 1.61. The maximum Gasteiger partial charge on any atom is 0.347 e. The standard InChI is InChI=1S/C16H23NO4/c1-10(14(17)18)21-15(19)11(2)20-13-8-6-12(7-9-13)16(3,4)5/h6-11H,1-5H3,(H2,17,18)/t10-,11-/m1/s1. The number of amides is 1. The summed E-state index contributed by atoms with van der Waals surface area (Å²) in [7, 11) is 0. The van der Waals surface area contributed by atoms with Crippen LogP contribution >= 0.6 is 0 Å². The number of hydrogen-bond donors (Lipinski definition) is 1. The van der Waals surface area contributed by atoms with Gasteiger partial charge in [-0.05, 0) is 37.0 Å². The van der Waals surface area contributed by atoms with Crippen molar-refractivity contribution in [2.45, 2.75) is 52.2 Å². The number of hydrogen-bond acceptors (Lipinski definition) is 4. The van der Waals surface area contributed by atoms with Crippen LogP contribution in [0.4, 0.5) is 0 Å². The van der Waals surface area contributed by atoms with Gasteiger partial charge in [0.15, 0.2) is 12.2 Å². The minimum Gasteiger partial charge on any atom is -0.479 e. The maximum atomic E-state index is 11.7. The molecule has 0 aromatic heterocycles. The number of primary amides is 1. The minimum absolute atomic E-state index is 0.0556. The highest BCUT2D eigenvalue weighted by Gasteiger charge is 2.22. The summed E-state index contributed by atoms with van der Waals surface area (Å²) < 4.78 is 10.4. The Balaban J connectivity index is 2.64. The van der Waals surface area contributed by atoms with Crippen LogP contribution in [0.25, 0.3) is 0 Å². The largest absolute Gasteiger partial charge is 0.479 e. The zero-order valence-corrected chi connectivity index (χ0v) is 13.2. The third-order valence-corrected chi connectivity index (χ3v) is 3.06. The molecule has 1 aromatic rings. The van der Waals surface area contributed by atoms with Crippen molar-refractivity contribution >= 4 is 11.9 Å². The van der Waals surface area contributed by atoms with Crippen LogP contribution < -0.4 is 10.5 Å². The lowest BCUT2D eigenvalue weighted by atomic mass is 9.87. The van der Waals surface area contributed by atoms with Crippen LogP contribution in [0.3, 0.4) is 0 Å². The van der Waals surface area contributed by atoms with Gasteiger partial charge < -0.3 is 15.2 Å². The zero-order chi connectivity index (χ0) is 16.2. The first-order valence-electron chi connectivity index (χ1n) is 6.88. The molecule has 0 saturated carbocycles. The van der Waals surface area contributed by atoms with Gasteiger partial charge in [0.1, 0.15) is 5.75 Å². The predicted octanol–water partition coefficient (Wildman–Crippen LogP) is 2.17. The molecule has 0 aliphatic carbocycles. The molecule has 0 spiro atoms. The highest BCUT2D eigenvalue weighted by atomic mass is 16.6. The van der Waals surface area contributed by atoms with Crippen LogP contribution in [-0.4, -0.2) is 24.1 Å². The molecule has 0 bridgehead atoms. The van der Waals surface area contributed by atoms with E-state index in [1.807, 2.05) is 24.3 Å². The molecular formula is C16H23NO4. The first kappa shape index (κ1) is 17.0. The van der Waals surface area contributed by atoms with Crippen LogP contribution in [0, 0.1) is 0 Å². The van der Waals surface area contributed by atoms with E-state index in [0.717, 1.165) is 0 Å². The lowest BCUT2D eigenvalue weighted by molar-refractivity contribution is -0.159. The molecule has 0 saturated heterocycles. The molecule has 0 aliphatic rings. The summed E-state index contributed by atoms with van der Waals surface area (Å²) in [6.07, 6.45) is -1.78. The molecule has 1 amide bonds. The van der Waals surface area contributed by atoms with Crippen molar-refractivity contribution in [1.29, 1.82) is 0 Å². The lowest BCUT2D eigenvalue weighted by Crippen LogP contribution is -2.35. The fourth-order valence-corrected chi connectivity index (χ4v) is 1.61. The van der Waals surface area contributed by atoms with Gasteiger partial charge in [0.2, 0.25) is 0 Å². The number of benzene rings is 1. The van der Waals surface area contributed by atoms with E-state index in [1.165, 1.54) is 12.5 Å². The molecule has 116 valence electrons. The second-order valence-corrected chi connectivity index (χ2v) is 6.02. The van der Waals surface area contributed by atoms with Gasteiger partial charge in [-0.15, -0.1) is 0 Å². The van der Waals surface area contributed by atoms with Gasteiger partial charge in [-0.2, -0.15) is 0 Å². The highest BCUT2D eigenvalue weighted by molar-refractivity contribution is 5.83. The van der Waals surface area contributed by atoms with Crippen molar-refractivity contribution in [2.75, 3.05) is 0 Å². The molecule has 0 fully saturated rings. The van der Waals surface area contributed by atoms with E-state index in [0.29, 0.717) is 5.75 Å². The Morgan fingerprint density at radius 1 is 1.05 bits per heavy atom. The molecule has 0 radical (unpaired) electrons. The Morgan fingerprint density at radius 3 is 2.00 bits per heavy atom. The first-order valence-corrected chi connectivity index (χ1v) is 6.88. The van der Waals surface area contributed by atoms with Crippen molar-refractivity contribution in [3.8, 4) is 5.75 Å². The van der Waals surface area contributed by atoms with Crippen LogP contribution in [-0.2, 0) is 19.7 Å². The Hall–Kier alpha value is -2.04. The number of carbonyl (C=O) groups is 2. The van der Waals surface area contributed by atoms with Gasteiger partial charge in [0, 0.05) is 0 Å². The van der Waals surface area contributed by atoms with Crippen LogP contribution in [0.2, 0.25) is 0 Å². The number of rotatable bonds is 5. The Labute approximate surface area is 125 Å². The summed E-state index contributed by atoms with van der Waals surface area (Å²) in [6, 6.07) is 7.53. The van der Waals surface area contributed by atoms with E-state index in [4.69, 9.17) is 15.2 Å². The normalized spacial score (nSPS) is 14.1. The molecule has 1 rings (SSSR count). The van der Waals surface area contributed by atoms with Gasteiger partial charge in [0.25, 0.3) is 5.91 Å². The second kappa shape index (κ2) is 6.61. The summed E-state index contributed by atoms with van der Waals surface area (Å²) in [5.41, 5.74) is 6.27. The quantitative estimate of drug-likeness (QED) is 0.844. The Bertz CT molecular complexity index is 502. The number of nitrogens with two attached hydrogens (primary N) is 1. The van der Waals surface area contributed by atoms with Crippen LogP contribution in [0.1, 0.15) is 40.2 Å². The summed E-state index contributed by atoms with van der Waals surface area (Å²) >= 11 is 0. The van der Waals surface area contributed by atoms with Crippen LogP contribution in [0.5, 0.6) is 5.75 Å². The summed E-state index contributed by atoms with van der Waals surface area (Å²) in [6.45, 7) is 9.34. The number of carbonyl (C=O) groups excluding carboxylic acids is 2. The van der Waals surface area contributed by atoms with Crippen molar-refractivity contribution in [3.63, 3.8) is 0 Å². The molecule has 2 atom stereocenters. The maximum absolute atomic E-state index is 11.7. The van der Waals surface area contributed by atoms with Crippen molar-refractivity contribution in [3.05, 3.63) is 29.8 Å². The summed E-state index contributed by atoms with van der Waals surface area (Å²) in [5, 5.41) is 0. The topological polar surface area (TPSA) is 78.6 Å². The Kier molecular flexibility index (Phi) is 5.35. The monoisotopic (exact) mass is 293 g/mol. The zero-order valence-electron chi connectivity index (χ0n) is 13.2. The molecule has 0 heterocycles. The molecule has 2 N–H and O–H groups in total. The smallest absolute Gasteiger partial charge is 0.347 e. The third-order valence-electron chi connectivity index (χ3n) is 3.06. The van der Waals surface area contributed by atoms with Crippen molar-refractivity contribution in [2.24, 2.45) is 5.73 Å². The van der Waals surface area contributed by atoms with E-state index in [-0.39, 0.29) is 5.41 Å². The SMILES string of the molecule is C[C@@H](OC(=O)[C@@H](C)Oc1ccc(C(C)(C)C)cc1)C(N)=O. The van der Waals surface area contributed by atoms with Gasteiger partial charge in [-0.3, -0.25) is 4.79 Å². The summed E-state index contributed by atoms with van der Waals surface area (Å²) in [4.78, 5) is 22.6. The van der Waals surface area contributed by atoms with Crippen LogP contribution in [0.15, 0.2) is 24.3 Å². The number of ether oxygens (including phenoxy) is 2. The Morgan fingerprint density at radius 2 is 1.57 bits per heavy atom. The molecule has 0 aliphatic heterocycles. The molecule has 5 heteroatoms. The molecule has 5 nitrogen and oxygen atoms in total. The van der Waals surface area contributed by atoms with E-state index in [9.17, 15) is 9.59 Å². The van der Waals surface area contributed by atoms with Gasteiger partial charge in [-0.1, -0.05) is 32.9 Å². The lowest BCUT2D eigenvalue weighted by Gasteiger charge is -2.20.